The van der Waals surface area contributed by atoms with Crippen molar-refractivity contribution in [2.45, 2.75) is 58.2 Å². The number of hydrogen-bond acceptors (Lipinski definition) is 9. The monoisotopic (exact) mass is 517 g/mol. The number of halogens is 1. The Morgan fingerprint density at radius 1 is 1.14 bits per heavy atom. The van der Waals surface area contributed by atoms with Gasteiger partial charge in [0.15, 0.2) is 0 Å². The molecule has 1 aliphatic carbocycles. The molecule has 35 heavy (non-hydrogen) atoms. The summed E-state index contributed by atoms with van der Waals surface area (Å²) in [4.78, 5) is 21.5. The lowest BCUT2D eigenvalue weighted by Gasteiger charge is -2.35. The van der Waals surface area contributed by atoms with Crippen LogP contribution >= 0.6 is 22.9 Å². The summed E-state index contributed by atoms with van der Waals surface area (Å²) in [7, 11) is 1.53. The van der Waals surface area contributed by atoms with Gasteiger partial charge in [0.2, 0.25) is 5.13 Å². The molecule has 9 nitrogen and oxygen atoms in total. The summed E-state index contributed by atoms with van der Waals surface area (Å²) in [6, 6.07) is 3.44. The number of carbonyl (C=O) groups is 1. The number of aryl methyl sites for hydroxylation is 1. The molecule has 2 N–H and O–H groups in total. The predicted molar refractivity (Wildman–Crippen MR) is 134 cm³/mol. The van der Waals surface area contributed by atoms with E-state index in [4.69, 9.17) is 21.1 Å². The quantitative estimate of drug-likeness (QED) is 0.423. The maximum atomic E-state index is 13.2. The minimum absolute atomic E-state index is 0.0157. The maximum absolute atomic E-state index is 13.2. The van der Waals surface area contributed by atoms with Gasteiger partial charge in [-0.1, -0.05) is 16.7 Å². The zero-order valence-electron chi connectivity index (χ0n) is 20.0. The molecule has 0 atom stereocenters. The number of hydrogen-bond donors (Lipinski definition) is 2. The lowest BCUT2D eigenvalue weighted by Crippen LogP contribution is -2.36. The second-order valence-corrected chi connectivity index (χ2v) is 10.5. The van der Waals surface area contributed by atoms with Crippen LogP contribution in [0.2, 0.25) is 5.15 Å². The van der Waals surface area contributed by atoms with Gasteiger partial charge in [-0.05, 0) is 75.8 Å². The molecule has 3 heterocycles. The van der Waals surface area contributed by atoms with E-state index in [-0.39, 0.29) is 17.2 Å². The van der Waals surface area contributed by atoms with Gasteiger partial charge in [0.25, 0.3) is 11.1 Å². The summed E-state index contributed by atoms with van der Waals surface area (Å²) in [5.41, 5.74) is 1.63. The molecule has 0 saturated heterocycles. The molecular weight excluding hydrogens is 490 g/mol. The summed E-state index contributed by atoms with van der Waals surface area (Å²) in [5, 5.41) is 22.2. The standard InChI is InChI=1S/C24H28ClN5O4S/c1-13-9-16(17-10-20(25)27-12-19(17)33-4)18(11-26-13)21(31)28-22-29-30-23(35-22)34-15-7-5-14(6-8-15)24(2,3)32/h9-12,14-15,32H,5-8H2,1-4H3,(H,28,29,31)/t14-,15+. The third-order valence-corrected chi connectivity index (χ3v) is 7.13. The molecule has 1 aliphatic rings. The van der Waals surface area contributed by atoms with Gasteiger partial charge >= 0.3 is 0 Å². The number of nitrogens with zero attached hydrogens (tertiary/aromatic N) is 4. The molecule has 0 aliphatic heterocycles. The number of ether oxygens (including phenoxy) is 2. The number of anilines is 1. The predicted octanol–water partition coefficient (Wildman–Crippen LogP) is 4.93. The summed E-state index contributed by atoms with van der Waals surface area (Å²) in [6.45, 7) is 5.55. The Morgan fingerprint density at radius 3 is 2.57 bits per heavy atom. The van der Waals surface area contributed by atoms with Gasteiger partial charge in [0.05, 0.1) is 24.5 Å². The van der Waals surface area contributed by atoms with Crippen molar-refractivity contribution < 1.29 is 19.4 Å². The highest BCUT2D eigenvalue weighted by Crippen LogP contribution is 2.36. The first-order valence-corrected chi connectivity index (χ1v) is 12.5. The van der Waals surface area contributed by atoms with E-state index in [2.05, 4.69) is 25.5 Å². The van der Waals surface area contributed by atoms with Gasteiger partial charge in [0.1, 0.15) is 17.0 Å². The van der Waals surface area contributed by atoms with Crippen LogP contribution in [0, 0.1) is 12.8 Å². The van der Waals surface area contributed by atoms with Gasteiger partial charge < -0.3 is 14.6 Å². The molecule has 0 spiro atoms. The van der Waals surface area contributed by atoms with E-state index < -0.39 is 11.5 Å². The number of methoxy groups -OCH3 is 1. The minimum atomic E-state index is -0.680. The smallest absolute Gasteiger partial charge is 0.296 e. The second-order valence-electron chi connectivity index (χ2n) is 9.15. The minimum Gasteiger partial charge on any atom is -0.494 e. The molecule has 0 aromatic carbocycles. The van der Waals surface area contributed by atoms with Crippen LogP contribution in [0.15, 0.2) is 24.5 Å². The van der Waals surface area contributed by atoms with Crippen LogP contribution in [0.5, 0.6) is 10.9 Å². The highest BCUT2D eigenvalue weighted by atomic mass is 35.5. The maximum Gasteiger partial charge on any atom is 0.296 e. The highest BCUT2D eigenvalue weighted by molar-refractivity contribution is 7.17. The average Bonchev–Trinajstić information content (AvgIpc) is 3.25. The molecule has 11 heteroatoms. The molecule has 4 rings (SSSR count). The molecule has 186 valence electrons. The fourth-order valence-electron chi connectivity index (χ4n) is 4.26. The van der Waals surface area contributed by atoms with Gasteiger partial charge in [-0.15, -0.1) is 5.10 Å². The first-order valence-electron chi connectivity index (χ1n) is 11.3. The van der Waals surface area contributed by atoms with Crippen molar-refractivity contribution >= 4 is 34.0 Å². The second kappa shape index (κ2) is 10.4. The van der Waals surface area contributed by atoms with E-state index in [1.165, 1.54) is 30.8 Å². The third kappa shape index (κ3) is 6.06. The summed E-state index contributed by atoms with van der Waals surface area (Å²) in [6.07, 6.45) is 6.49. The largest absolute Gasteiger partial charge is 0.494 e. The van der Waals surface area contributed by atoms with Crippen molar-refractivity contribution in [3.63, 3.8) is 0 Å². The zero-order valence-corrected chi connectivity index (χ0v) is 21.6. The molecule has 0 bridgehead atoms. The first kappa shape index (κ1) is 25.3. The lowest BCUT2D eigenvalue weighted by molar-refractivity contribution is -0.0152. The SMILES string of the molecule is COc1cnc(Cl)cc1-c1cc(C)ncc1C(=O)Nc1nnc(O[C@H]2CC[C@@H](C(C)(C)O)CC2)s1. The van der Waals surface area contributed by atoms with Gasteiger partial charge in [-0.3, -0.25) is 15.1 Å². The third-order valence-electron chi connectivity index (χ3n) is 6.20. The number of aliphatic hydroxyl groups is 1. The fraction of sp³-hybridized carbons (Fsp3) is 0.458. The zero-order chi connectivity index (χ0) is 25.2. The number of pyridine rings is 2. The van der Waals surface area contributed by atoms with Gasteiger partial charge in [-0.25, -0.2) is 4.98 Å². The number of rotatable bonds is 7. The van der Waals surface area contributed by atoms with Crippen molar-refractivity contribution in [1.29, 1.82) is 0 Å². The Bertz CT molecular complexity index is 1200. The Morgan fingerprint density at radius 2 is 1.89 bits per heavy atom. The summed E-state index contributed by atoms with van der Waals surface area (Å²) in [5.74, 6) is 0.355. The molecular formula is C24H28ClN5O4S. The molecule has 1 saturated carbocycles. The highest BCUT2D eigenvalue weighted by Gasteiger charge is 2.32. The van der Waals surface area contributed by atoms with E-state index in [9.17, 15) is 9.90 Å². The normalized spacial score (nSPS) is 18.2. The Labute approximate surface area is 212 Å². The average molecular weight is 518 g/mol. The Hall–Kier alpha value is -2.82. The topological polar surface area (TPSA) is 119 Å². The van der Waals surface area contributed by atoms with Crippen LogP contribution in [-0.2, 0) is 0 Å². The number of amides is 1. The Kier molecular flexibility index (Phi) is 7.53. The number of nitrogens with one attached hydrogen (secondary N) is 1. The fourth-order valence-corrected chi connectivity index (χ4v) is 5.07. The van der Waals surface area contributed by atoms with Crippen LogP contribution in [0.4, 0.5) is 5.13 Å². The van der Waals surface area contributed by atoms with E-state index in [1.54, 1.807) is 12.1 Å². The van der Waals surface area contributed by atoms with Crippen molar-refractivity contribution in [1.82, 2.24) is 20.2 Å². The van der Waals surface area contributed by atoms with Crippen LogP contribution in [-0.4, -0.2) is 50.0 Å². The van der Waals surface area contributed by atoms with Gasteiger partial charge in [-0.2, -0.15) is 0 Å². The van der Waals surface area contributed by atoms with Gasteiger partial charge in [0, 0.05) is 23.0 Å². The molecule has 1 amide bonds. The Balaban J connectivity index is 1.47. The molecule has 3 aromatic heterocycles. The molecule has 3 aromatic rings. The molecule has 0 unspecified atom stereocenters. The van der Waals surface area contributed by atoms with Crippen LogP contribution < -0.4 is 14.8 Å². The van der Waals surface area contributed by atoms with E-state index >= 15 is 0 Å². The van der Waals surface area contributed by atoms with Crippen molar-refractivity contribution in [2.75, 3.05) is 12.4 Å². The molecule has 1 fully saturated rings. The number of aromatic nitrogens is 4. The van der Waals surface area contributed by atoms with E-state index in [0.717, 1.165) is 31.4 Å². The van der Waals surface area contributed by atoms with Crippen molar-refractivity contribution in [2.24, 2.45) is 5.92 Å². The van der Waals surface area contributed by atoms with E-state index in [1.807, 2.05) is 20.8 Å². The number of carbonyl (C=O) groups excluding carboxylic acids is 1. The summed E-state index contributed by atoms with van der Waals surface area (Å²) < 4.78 is 11.4. The first-order chi connectivity index (χ1) is 16.6. The summed E-state index contributed by atoms with van der Waals surface area (Å²) >= 11 is 7.28. The lowest BCUT2D eigenvalue weighted by atomic mass is 9.78. The van der Waals surface area contributed by atoms with Crippen molar-refractivity contribution in [3.8, 4) is 22.1 Å². The molecule has 0 radical (unpaired) electrons. The van der Waals surface area contributed by atoms with E-state index in [0.29, 0.717) is 32.8 Å². The van der Waals surface area contributed by atoms with Crippen LogP contribution in [0.3, 0.4) is 0 Å². The van der Waals surface area contributed by atoms with Crippen LogP contribution in [0.25, 0.3) is 11.1 Å². The van der Waals surface area contributed by atoms with Crippen LogP contribution in [0.1, 0.15) is 55.6 Å². The van der Waals surface area contributed by atoms with Crippen molar-refractivity contribution in [3.05, 3.63) is 40.9 Å².